The van der Waals surface area contributed by atoms with Gasteiger partial charge in [0.1, 0.15) is 0 Å². The Morgan fingerprint density at radius 1 is 1.32 bits per heavy atom. The van der Waals surface area contributed by atoms with Crippen molar-refractivity contribution in [1.29, 1.82) is 0 Å². The summed E-state index contributed by atoms with van der Waals surface area (Å²) in [5.41, 5.74) is 1.95. The van der Waals surface area contributed by atoms with Gasteiger partial charge in [0.25, 0.3) is 0 Å². The highest BCUT2D eigenvalue weighted by Gasteiger charge is 2.32. The lowest BCUT2D eigenvalue weighted by Crippen LogP contribution is -2.29. The molecule has 102 valence electrons. The number of ether oxygens (including phenoxy) is 1. The molecule has 1 aromatic carbocycles. The molecule has 1 aliphatic rings. The zero-order valence-electron chi connectivity index (χ0n) is 11.7. The molecular weight excluding hydrogens is 240 g/mol. The fourth-order valence-corrected chi connectivity index (χ4v) is 2.95. The van der Waals surface area contributed by atoms with E-state index in [2.05, 4.69) is 13.8 Å². The van der Waals surface area contributed by atoms with E-state index in [-0.39, 0.29) is 17.4 Å². The number of hydrogen-bond donors (Lipinski definition) is 0. The zero-order chi connectivity index (χ0) is 13.6. The minimum Gasteiger partial charge on any atom is -0.370 e. The Hall–Kier alpha value is -1.55. The molecule has 2 heterocycles. The summed E-state index contributed by atoms with van der Waals surface area (Å²) < 4.78 is 9.54. The first kappa shape index (κ1) is 12.5. The van der Waals surface area contributed by atoms with E-state index in [0.717, 1.165) is 23.9 Å². The summed E-state index contributed by atoms with van der Waals surface area (Å²) in [4.78, 5) is 12.3. The van der Waals surface area contributed by atoms with Crippen LogP contribution in [-0.4, -0.2) is 20.8 Å². The van der Waals surface area contributed by atoms with Gasteiger partial charge < -0.3 is 4.74 Å². The van der Waals surface area contributed by atoms with Gasteiger partial charge >= 0.3 is 5.69 Å². The summed E-state index contributed by atoms with van der Waals surface area (Å²) in [5, 5.41) is 0. The minimum absolute atomic E-state index is 0.0366. The molecule has 1 fully saturated rings. The Morgan fingerprint density at radius 2 is 2.00 bits per heavy atom. The predicted octanol–water partition coefficient (Wildman–Crippen LogP) is 2.30. The van der Waals surface area contributed by atoms with Crippen molar-refractivity contribution < 1.29 is 4.74 Å². The molecule has 1 unspecified atom stereocenters. The third kappa shape index (κ3) is 2.10. The van der Waals surface area contributed by atoms with Gasteiger partial charge in [-0.05, 0) is 38.8 Å². The van der Waals surface area contributed by atoms with Crippen molar-refractivity contribution in [2.45, 2.75) is 44.9 Å². The van der Waals surface area contributed by atoms with Crippen molar-refractivity contribution in [3.63, 3.8) is 0 Å². The van der Waals surface area contributed by atoms with Gasteiger partial charge in [0.15, 0.2) is 0 Å². The van der Waals surface area contributed by atoms with Crippen LogP contribution < -0.4 is 5.69 Å². The van der Waals surface area contributed by atoms with E-state index in [1.54, 1.807) is 4.57 Å². The normalized spacial score (nSPS) is 22.2. The summed E-state index contributed by atoms with van der Waals surface area (Å²) in [6.07, 6.45) is 2.21. The van der Waals surface area contributed by atoms with Crippen LogP contribution in [0, 0.1) is 0 Å². The largest absolute Gasteiger partial charge is 0.370 e. The van der Waals surface area contributed by atoms with Gasteiger partial charge in [-0.2, -0.15) is 0 Å². The van der Waals surface area contributed by atoms with Crippen LogP contribution in [0.5, 0.6) is 0 Å². The zero-order valence-corrected chi connectivity index (χ0v) is 11.7. The number of aryl methyl sites for hydroxylation is 1. The lowest BCUT2D eigenvalue weighted by atomic mass is 10.1. The van der Waals surface area contributed by atoms with Crippen molar-refractivity contribution in [3.8, 4) is 0 Å². The second-order valence-electron chi connectivity index (χ2n) is 5.98. The van der Waals surface area contributed by atoms with Crippen molar-refractivity contribution in [2.75, 3.05) is 0 Å². The molecule has 19 heavy (non-hydrogen) atoms. The molecular formula is C15H20N2O2. The maximum absolute atomic E-state index is 12.3. The lowest BCUT2D eigenvalue weighted by molar-refractivity contribution is -0.0216. The Balaban J connectivity index is 1.98. The van der Waals surface area contributed by atoms with Crippen LogP contribution in [-0.2, 0) is 18.3 Å². The minimum atomic E-state index is -0.0567. The molecule has 0 spiro atoms. The fraction of sp³-hybridized carbons (Fsp3) is 0.533. The van der Waals surface area contributed by atoms with Gasteiger partial charge in [-0.25, -0.2) is 4.79 Å². The Labute approximate surface area is 112 Å². The summed E-state index contributed by atoms with van der Waals surface area (Å²) in [6, 6.07) is 7.91. The molecule has 0 N–H and O–H groups in total. The van der Waals surface area contributed by atoms with Crippen LogP contribution in [0.1, 0.15) is 26.7 Å². The molecule has 1 aliphatic heterocycles. The average molecular weight is 260 g/mol. The van der Waals surface area contributed by atoms with Gasteiger partial charge in [0, 0.05) is 7.05 Å². The number of hydrogen-bond acceptors (Lipinski definition) is 2. The topological polar surface area (TPSA) is 36.2 Å². The van der Waals surface area contributed by atoms with Gasteiger partial charge in [0.05, 0.1) is 29.3 Å². The number of imidazole rings is 1. The molecule has 0 aliphatic carbocycles. The number of aromatic nitrogens is 2. The molecule has 2 aromatic rings. The van der Waals surface area contributed by atoms with E-state index in [1.165, 1.54) is 0 Å². The number of rotatable bonds is 2. The van der Waals surface area contributed by atoms with Gasteiger partial charge in [0.2, 0.25) is 0 Å². The van der Waals surface area contributed by atoms with Crippen LogP contribution in [0.4, 0.5) is 0 Å². The van der Waals surface area contributed by atoms with E-state index in [4.69, 9.17) is 4.74 Å². The maximum atomic E-state index is 12.3. The molecule has 3 rings (SSSR count). The number of nitrogens with zero attached hydrogens (tertiary/aromatic N) is 2. The lowest BCUT2D eigenvalue weighted by Gasteiger charge is -2.19. The quantitative estimate of drug-likeness (QED) is 0.830. The van der Waals surface area contributed by atoms with Crippen molar-refractivity contribution in [1.82, 2.24) is 9.13 Å². The van der Waals surface area contributed by atoms with Crippen molar-refractivity contribution in [2.24, 2.45) is 7.05 Å². The smallest absolute Gasteiger partial charge is 0.328 e. The van der Waals surface area contributed by atoms with Gasteiger partial charge in [-0.1, -0.05) is 12.1 Å². The Kier molecular flexibility index (Phi) is 2.78. The molecule has 0 amide bonds. The van der Waals surface area contributed by atoms with Crippen LogP contribution in [0.2, 0.25) is 0 Å². The summed E-state index contributed by atoms with van der Waals surface area (Å²) in [5.74, 6) is 0. The van der Waals surface area contributed by atoms with E-state index >= 15 is 0 Å². The number of benzene rings is 1. The van der Waals surface area contributed by atoms with Crippen molar-refractivity contribution >= 4 is 11.0 Å². The number of para-hydroxylation sites is 2. The van der Waals surface area contributed by atoms with E-state index in [9.17, 15) is 4.79 Å². The summed E-state index contributed by atoms with van der Waals surface area (Å²) >= 11 is 0. The van der Waals surface area contributed by atoms with Crippen LogP contribution >= 0.6 is 0 Å². The molecule has 1 aromatic heterocycles. The Morgan fingerprint density at radius 3 is 2.63 bits per heavy atom. The first-order valence-electron chi connectivity index (χ1n) is 6.80. The maximum Gasteiger partial charge on any atom is 0.328 e. The summed E-state index contributed by atoms with van der Waals surface area (Å²) in [7, 11) is 1.82. The highest BCUT2D eigenvalue weighted by Crippen LogP contribution is 2.30. The molecule has 0 bridgehead atoms. The van der Waals surface area contributed by atoms with Crippen LogP contribution in [0.15, 0.2) is 29.1 Å². The molecule has 1 atom stereocenters. The average Bonchev–Trinajstić information content (AvgIpc) is 2.83. The van der Waals surface area contributed by atoms with Crippen molar-refractivity contribution in [3.05, 3.63) is 34.7 Å². The molecule has 0 radical (unpaired) electrons. The molecule has 0 saturated carbocycles. The first-order valence-corrected chi connectivity index (χ1v) is 6.80. The van der Waals surface area contributed by atoms with E-state index < -0.39 is 0 Å². The highest BCUT2D eigenvalue weighted by atomic mass is 16.5. The first-order chi connectivity index (χ1) is 8.98. The van der Waals surface area contributed by atoms with Crippen LogP contribution in [0.3, 0.4) is 0 Å². The monoisotopic (exact) mass is 260 g/mol. The number of fused-ring (bicyclic) bond motifs is 1. The van der Waals surface area contributed by atoms with Gasteiger partial charge in [-0.15, -0.1) is 0 Å². The van der Waals surface area contributed by atoms with Gasteiger partial charge in [-0.3, -0.25) is 9.13 Å². The van der Waals surface area contributed by atoms with Crippen LogP contribution in [0.25, 0.3) is 11.0 Å². The second kappa shape index (κ2) is 4.23. The third-order valence-corrected chi connectivity index (χ3v) is 3.99. The fourth-order valence-electron chi connectivity index (χ4n) is 2.95. The van der Waals surface area contributed by atoms with E-state index in [0.29, 0.717) is 6.54 Å². The Bertz CT molecular complexity index is 666. The third-order valence-electron chi connectivity index (χ3n) is 3.99. The molecule has 4 nitrogen and oxygen atoms in total. The second-order valence-corrected chi connectivity index (χ2v) is 5.98. The molecule has 1 saturated heterocycles. The molecule has 4 heteroatoms. The van der Waals surface area contributed by atoms with E-state index in [1.807, 2.05) is 35.9 Å². The highest BCUT2D eigenvalue weighted by molar-refractivity contribution is 5.75. The summed E-state index contributed by atoms with van der Waals surface area (Å²) in [6.45, 7) is 4.86. The predicted molar refractivity (Wildman–Crippen MR) is 75.4 cm³/mol. The standard InChI is InChI=1S/C15H20N2O2/c1-15(2)9-8-11(19-15)10-17-13-7-5-4-6-12(13)16(3)14(17)18/h4-7,11H,8-10H2,1-3H3. The SMILES string of the molecule is Cn1c(=O)n(CC2CCC(C)(C)O2)c2ccccc21.